The van der Waals surface area contributed by atoms with Gasteiger partial charge in [-0.3, -0.25) is 4.79 Å². The van der Waals surface area contributed by atoms with Crippen LogP contribution in [0.15, 0.2) is 33.5 Å². The van der Waals surface area contributed by atoms with E-state index in [1.165, 1.54) is 46.5 Å². The second-order valence-corrected chi connectivity index (χ2v) is 10.9. The van der Waals surface area contributed by atoms with Crippen LogP contribution in [0.1, 0.15) is 6.92 Å². The minimum Gasteiger partial charge on any atom is -0.504 e. The Morgan fingerprint density at radius 1 is 0.787 bits per heavy atom. The molecule has 0 spiro atoms. The Kier molecular flexibility index (Phi) is 10.0. The van der Waals surface area contributed by atoms with Gasteiger partial charge >= 0.3 is 0 Å². The Morgan fingerprint density at radius 2 is 1.49 bits per heavy atom. The van der Waals surface area contributed by atoms with Crippen molar-refractivity contribution in [3.05, 3.63) is 34.5 Å². The predicted octanol–water partition coefficient (Wildman–Crippen LogP) is -1.07. The Hall–Kier alpha value is -3.91. The molecule has 2 saturated heterocycles. The number of fused-ring (bicyclic) bond motifs is 1. The van der Waals surface area contributed by atoms with Gasteiger partial charge in [0.15, 0.2) is 41.0 Å². The van der Waals surface area contributed by atoms with E-state index in [4.69, 9.17) is 37.6 Å². The lowest BCUT2D eigenvalue weighted by atomic mass is 9.97. The van der Waals surface area contributed by atoms with Crippen molar-refractivity contribution < 1.29 is 78.4 Å². The number of hydrogen-bond acceptors (Lipinski definition) is 17. The Labute approximate surface area is 266 Å². The molecule has 2 aliphatic heterocycles. The van der Waals surface area contributed by atoms with Gasteiger partial charge in [-0.05, 0) is 31.2 Å². The van der Waals surface area contributed by atoms with E-state index in [9.17, 15) is 45.6 Å². The SMILES string of the molecule is COc1ccc(-c2oc3c(O)c(OC)c(OC4OC(CO)C(O)C(O)C4OC4OC(C)C(O)C(O)C4O)cc3c(=O)c2OC)cc1O. The maximum atomic E-state index is 13.7. The zero-order valence-electron chi connectivity index (χ0n) is 25.5. The number of phenols is 2. The lowest BCUT2D eigenvalue weighted by molar-refractivity contribution is -0.354. The zero-order valence-corrected chi connectivity index (χ0v) is 25.5. The Bertz CT molecular complexity index is 1640. The highest BCUT2D eigenvalue weighted by Gasteiger charge is 2.51. The summed E-state index contributed by atoms with van der Waals surface area (Å²) in [5.74, 6) is -1.98. The highest BCUT2D eigenvalue weighted by atomic mass is 16.8. The third-order valence-corrected chi connectivity index (χ3v) is 8.05. The topological polar surface area (TPSA) is 257 Å². The number of ether oxygens (including phenoxy) is 7. The van der Waals surface area contributed by atoms with Gasteiger partial charge in [0.25, 0.3) is 0 Å². The first kappa shape index (κ1) is 34.4. The summed E-state index contributed by atoms with van der Waals surface area (Å²) in [5.41, 5.74) is -0.926. The van der Waals surface area contributed by atoms with E-state index in [0.717, 1.165) is 6.07 Å². The molecule has 8 N–H and O–H groups in total. The molecule has 258 valence electrons. The molecular formula is C30H36O17. The number of aromatic hydroxyl groups is 2. The summed E-state index contributed by atoms with van der Waals surface area (Å²) in [6, 6.07) is 5.31. The number of benzene rings is 2. The van der Waals surface area contributed by atoms with Crippen LogP contribution >= 0.6 is 0 Å². The normalized spacial score (nSPS) is 31.0. The fourth-order valence-corrected chi connectivity index (χ4v) is 5.45. The largest absolute Gasteiger partial charge is 0.504 e. The molecule has 10 atom stereocenters. The average molecular weight is 669 g/mol. The number of phenolic OH excluding ortho intramolecular Hbond substituents is 2. The Morgan fingerprint density at radius 3 is 2.11 bits per heavy atom. The van der Waals surface area contributed by atoms with Gasteiger partial charge in [0.2, 0.25) is 29.0 Å². The first-order chi connectivity index (χ1) is 22.4. The van der Waals surface area contributed by atoms with Gasteiger partial charge in [0, 0.05) is 5.56 Å². The second-order valence-electron chi connectivity index (χ2n) is 10.9. The molecule has 5 rings (SSSR count). The lowest BCUT2D eigenvalue weighted by Gasteiger charge is -2.45. The maximum Gasteiger partial charge on any atom is 0.235 e. The molecule has 1 aromatic heterocycles. The summed E-state index contributed by atoms with van der Waals surface area (Å²) in [5, 5.41) is 83.3. The van der Waals surface area contributed by atoms with Crippen molar-refractivity contribution in [3.63, 3.8) is 0 Å². The molecule has 10 unspecified atom stereocenters. The number of rotatable bonds is 9. The number of aliphatic hydroxyl groups excluding tert-OH is 6. The first-order valence-corrected chi connectivity index (χ1v) is 14.3. The first-order valence-electron chi connectivity index (χ1n) is 14.3. The predicted molar refractivity (Wildman–Crippen MR) is 157 cm³/mol. The fraction of sp³-hybridized carbons (Fsp3) is 0.500. The van der Waals surface area contributed by atoms with Gasteiger partial charge < -0.3 is 78.4 Å². The van der Waals surface area contributed by atoms with Gasteiger partial charge in [-0.1, -0.05) is 0 Å². The van der Waals surface area contributed by atoms with Crippen LogP contribution in [0.5, 0.6) is 34.5 Å². The summed E-state index contributed by atoms with van der Waals surface area (Å²) in [4.78, 5) is 13.7. The minimum absolute atomic E-state index is 0.145. The van der Waals surface area contributed by atoms with Crippen LogP contribution in [-0.4, -0.2) is 130 Å². The molecule has 0 saturated carbocycles. The minimum atomic E-state index is -1.84. The van der Waals surface area contributed by atoms with E-state index in [-0.39, 0.29) is 51.0 Å². The number of methoxy groups -OCH3 is 3. The van der Waals surface area contributed by atoms with Crippen molar-refractivity contribution in [3.8, 4) is 45.8 Å². The third kappa shape index (κ3) is 6.13. The number of hydrogen-bond donors (Lipinski definition) is 8. The summed E-state index contributed by atoms with van der Waals surface area (Å²) < 4.78 is 44.4. The van der Waals surface area contributed by atoms with Crippen molar-refractivity contribution in [2.24, 2.45) is 0 Å². The van der Waals surface area contributed by atoms with E-state index in [2.05, 4.69) is 0 Å². The highest BCUT2D eigenvalue weighted by Crippen LogP contribution is 2.46. The van der Waals surface area contributed by atoms with Gasteiger partial charge in [-0.2, -0.15) is 0 Å². The summed E-state index contributed by atoms with van der Waals surface area (Å²) in [6.07, 6.45) is -16.0. The van der Waals surface area contributed by atoms with Crippen LogP contribution in [0.3, 0.4) is 0 Å². The molecule has 0 radical (unpaired) electrons. The highest BCUT2D eigenvalue weighted by molar-refractivity contribution is 5.90. The van der Waals surface area contributed by atoms with Crippen molar-refractivity contribution in [2.75, 3.05) is 27.9 Å². The smallest absolute Gasteiger partial charge is 0.235 e. The van der Waals surface area contributed by atoms with E-state index in [1.54, 1.807) is 0 Å². The standard InChI is InChI=1S/C30H36O17/c1-10-17(33)20(36)22(38)29(43-10)47-28-21(37)19(35)16(9-31)45-30(28)44-15-8-12-18(34)27(42-4)24(46-25(12)23(39)26(15)41-3)11-5-6-14(40-2)13(32)7-11/h5-8,10,16-17,19-22,28-33,35-39H,9H2,1-4H3. The second kappa shape index (κ2) is 13.7. The molecule has 0 amide bonds. The third-order valence-electron chi connectivity index (χ3n) is 8.05. The quantitative estimate of drug-likeness (QED) is 0.135. The van der Waals surface area contributed by atoms with E-state index >= 15 is 0 Å². The van der Waals surface area contributed by atoms with Crippen molar-refractivity contribution in [2.45, 2.75) is 68.3 Å². The van der Waals surface area contributed by atoms with E-state index in [1.807, 2.05) is 0 Å². The molecule has 2 fully saturated rings. The van der Waals surface area contributed by atoms with Crippen molar-refractivity contribution in [1.29, 1.82) is 0 Å². The lowest BCUT2D eigenvalue weighted by Crippen LogP contribution is -2.64. The van der Waals surface area contributed by atoms with Gasteiger partial charge in [0.1, 0.15) is 36.6 Å². The molecule has 3 aromatic rings. The van der Waals surface area contributed by atoms with Gasteiger partial charge in [0.05, 0.1) is 39.4 Å². The average Bonchev–Trinajstić information content (AvgIpc) is 3.06. The fourth-order valence-electron chi connectivity index (χ4n) is 5.45. The summed E-state index contributed by atoms with van der Waals surface area (Å²) in [6.45, 7) is 0.625. The van der Waals surface area contributed by atoms with Crippen LogP contribution < -0.4 is 24.4 Å². The molecule has 47 heavy (non-hydrogen) atoms. The summed E-state index contributed by atoms with van der Waals surface area (Å²) >= 11 is 0. The zero-order chi connectivity index (χ0) is 34.3. The van der Waals surface area contributed by atoms with E-state index < -0.39 is 79.2 Å². The molecule has 3 heterocycles. The molecule has 2 aromatic carbocycles. The molecule has 17 nitrogen and oxygen atoms in total. The van der Waals surface area contributed by atoms with Crippen LogP contribution in [-0.2, 0) is 14.2 Å². The van der Waals surface area contributed by atoms with E-state index in [0.29, 0.717) is 0 Å². The monoisotopic (exact) mass is 668 g/mol. The van der Waals surface area contributed by atoms with Crippen LogP contribution in [0.2, 0.25) is 0 Å². The molecule has 0 aliphatic carbocycles. The van der Waals surface area contributed by atoms with Gasteiger partial charge in [-0.15, -0.1) is 0 Å². The molecule has 0 bridgehead atoms. The van der Waals surface area contributed by atoms with Gasteiger partial charge in [-0.25, -0.2) is 0 Å². The maximum absolute atomic E-state index is 13.7. The Balaban J connectivity index is 1.57. The molecular weight excluding hydrogens is 632 g/mol. The van der Waals surface area contributed by atoms with Crippen LogP contribution in [0.4, 0.5) is 0 Å². The van der Waals surface area contributed by atoms with Crippen LogP contribution in [0.25, 0.3) is 22.3 Å². The molecule has 2 aliphatic rings. The number of aliphatic hydroxyl groups is 6. The van der Waals surface area contributed by atoms with Crippen molar-refractivity contribution >= 4 is 11.0 Å². The summed E-state index contributed by atoms with van der Waals surface area (Å²) in [7, 11) is 3.74. The molecule has 17 heteroatoms. The van der Waals surface area contributed by atoms with Crippen molar-refractivity contribution in [1.82, 2.24) is 0 Å². The van der Waals surface area contributed by atoms with Crippen LogP contribution in [0, 0.1) is 0 Å².